The maximum Gasteiger partial charge on any atom is 0.481 e. The third-order valence-corrected chi connectivity index (χ3v) is 8.82. The van der Waals surface area contributed by atoms with Crippen LogP contribution < -0.4 is 15.4 Å². The zero-order valence-electron chi connectivity index (χ0n) is 23.2. The molecular formula is C28H43BN2O6. The molecule has 3 N–H and O–H groups in total. The van der Waals surface area contributed by atoms with Crippen LogP contribution in [0, 0.1) is 30.1 Å². The summed E-state index contributed by atoms with van der Waals surface area (Å²) in [6, 6.07) is 6.21. The summed E-state index contributed by atoms with van der Waals surface area (Å²) in [5, 5.41) is 16.0. The van der Waals surface area contributed by atoms with Gasteiger partial charge in [-0.1, -0.05) is 45.4 Å². The van der Waals surface area contributed by atoms with E-state index in [1.54, 1.807) is 12.1 Å². The molecule has 1 saturated heterocycles. The van der Waals surface area contributed by atoms with Gasteiger partial charge in [0.1, 0.15) is 11.8 Å². The van der Waals surface area contributed by atoms with Crippen molar-refractivity contribution in [1.29, 1.82) is 0 Å². The Kier molecular flexibility index (Phi) is 7.99. The van der Waals surface area contributed by atoms with Crippen molar-refractivity contribution in [3.63, 3.8) is 0 Å². The van der Waals surface area contributed by atoms with Crippen LogP contribution >= 0.6 is 0 Å². The molecular weight excluding hydrogens is 471 g/mol. The topological polar surface area (TPSA) is 106 Å². The molecule has 0 unspecified atom stereocenters. The summed E-state index contributed by atoms with van der Waals surface area (Å²) >= 11 is 0. The van der Waals surface area contributed by atoms with E-state index in [9.17, 15) is 14.7 Å². The molecule has 1 heterocycles. The second-order valence-corrected chi connectivity index (χ2v) is 12.5. The second kappa shape index (κ2) is 10.6. The molecule has 37 heavy (non-hydrogen) atoms. The molecule has 3 saturated carbocycles. The van der Waals surface area contributed by atoms with Crippen LogP contribution in [-0.4, -0.2) is 60.4 Å². The lowest BCUT2D eigenvalue weighted by molar-refractivity contribution is -0.199. The fraction of sp³-hybridized carbons (Fsp3) is 0.714. The van der Waals surface area contributed by atoms with Crippen molar-refractivity contribution in [2.24, 2.45) is 23.2 Å². The van der Waals surface area contributed by atoms with E-state index in [1.165, 1.54) is 6.92 Å². The van der Waals surface area contributed by atoms with E-state index in [2.05, 4.69) is 45.3 Å². The Morgan fingerprint density at radius 2 is 1.81 bits per heavy atom. The van der Waals surface area contributed by atoms with Crippen LogP contribution in [0.25, 0.3) is 0 Å². The molecule has 0 aromatic heterocycles. The molecule has 0 radical (unpaired) electrons. The van der Waals surface area contributed by atoms with E-state index in [4.69, 9.17) is 14.0 Å². The maximum absolute atomic E-state index is 13.3. The summed E-state index contributed by atoms with van der Waals surface area (Å²) in [5.74, 6) is 0.521. The maximum atomic E-state index is 13.3. The Bertz CT molecular complexity index is 983. The van der Waals surface area contributed by atoms with Gasteiger partial charge in [0.15, 0.2) is 6.61 Å². The number of ether oxygens (including phenoxy) is 1. The third kappa shape index (κ3) is 5.69. The Balaban J connectivity index is 1.39. The van der Waals surface area contributed by atoms with E-state index >= 15 is 0 Å². The molecule has 4 aliphatic rings. The number of nitrogens with one attached hydrogen (secondary N) is 2. The molecule has 204 valence electrons. The van der Waals surface area contributed by atoms with Gasteiger partial charge in [-0.3, -0.25) is 9.59 Å². The van der Waals surface area contributed by atoms with E-state index in [-0.39, 0.29) is 29.6 Å². The van der Waals surface area contributed by atoms with Crippen LogP contribution in [0.4, 0.5) is 0 Å². The highest BCUT2D eigenvalue weighted by Crippen LogP contribution is 2.65. The van der Waals surface area contributed by atoms with Gasteiger partial charge >= 0.3 is 7.12 Å². The summed E-state index contributed by atoms with van der Waals surface area (Å²) < 4.78 is 18.6. The normalized spacial score (nSPS) is 30.1. The largest absolute Gasteiger partial charge is 0.484 e. The lowest BCUT2D eigenvalue weighted by Crippen LogP contribution is -2.65. The van der Waals surface area contributed by atoms with Crippen LogP contribution in [0.5, 0.6) is 5.75 Å². The van der Waals surface area contributed by atoms with Crippen LogP contribution in [0.3, 0.4) is 0 Å². The van der Waals surface area contributed by atoms with Crippen LogP contribution in [-0.2, 0) is 18.9 Å². The van der Waals surface area contributed by atoms with Gasteiger partial charge in [-0.2, -0.15) is 0 Å². The molecule has 8 nitrogen and oxygen atoms in total. The SMILES string of the molecule is Cc1ccc(OCC(=O)N[C@H](C(=O)N[C@@H](CC(C)C)B2O[C@@H]3C[C@@H]4C[C@@H](C4(C)C)[C@]3(C)O2)[C@@H](C)O)cc1. The smallest absolute Gasteiger partial charge is 0.481 e. The molecule has 2 bridgehead atoms. The van der Waals surface area contributed by atoms with Crippen molar-refractivity contribution < 1.29 is 28.7 Å². The van der Waals surface area contributed by atoms with Crippen molar-refractivity contribution in [3.05, 3.63) is 29.8 Å². The molecule has 9 heteroatoms. The molecule has 4 fully saturated rings. The van der Waals surface area contributed by atoms with E-state index < -0.39 is 37.0 Å². The fourth-order valence-electron chi connectivity index (χ4n) is 6.49. The zero-order valence-corrected chi connectivity index (χ0v) is 23.2. The van der Waals surface area contributed by atoms with E-state index in [1.807, 2.05) is 19.1 Å². The van der Waals surface area contributed by atoms with E-state index in [0.717, 1.165) is 18.4 Å². The number of aliphatic hydroxyl groups excluding tert-OH is 1. The van der Waals surface area contributed by atoms with Crippen LogP contribution in [0.2, 0.25) is 0 Å². The average Bonchev–Trinajstić information content (AvgIpc) is 3.18. The van der Waals surface area contributed by atoms with Crippen LogP contribution in [0.1, 0.15) is 66.4 Å². The average molecular weight is 514 g/mol. The summed E-state index contributed by atoms with van der Waals surface area (Å²) in [6.45, 7) is 14.1. The molecule has 5 rings (SSSR count). The number of amides is 2. The minimum absolute atomic E-state index is 0.00651. The molecule has 2 amide bonds. The lowest BCUT2D eigenvalue weighted by atomic mass is 9.43. The minimum Gasteiger partial charge on any atom is -0.484 e. The van der Waals surface area contributed by atoms with Crippen molar-refractivity contribution in [3.8, 4) is 5.75 Å². The van der Waals surface area contributed by atoms with Gasteiger partial charge in [-0.15, -0.1) is 0 Å². The first-order valence-electron chi connectivity index (χ1n) is 13.6. The van der Waals surface area contributed by atoms with Crippen LogP contribution in [0.15, 0.2) is 24.3 Å². The molecule has 3 aliphatic carbocycles. The number of aryl methyl sites for hydroxylation is 1. The first kappa shape index (κ1) is 27.9. The predicted octanol–water partition coefficient (Wildman–Crippen LogP) is 3.04. The third-order valence-electron chi connectivity index (χ3n) is 8.82. The number of rotatable bonds is 10. The van der Waals surface area contributed by atoms with Gasteiger partial charge in [0.25, 0.3) is 5.91 Å². The highest BCUT2D eigenvalue weighted by atomic mass is 16.7. The highest BCUT2D eigenvalue weighted by Gasteiger charge is 2.68. The molecule has 1 aromatic carbocycles. The Morgan fingerprint density at radius 1 is 1.14 bits per heavy atom. The Morgan fingerprint density at radius 3 is 2.41 bits per heavy atom. The summed E-state index contributed by atoms with van der Waals surface area (Å²) in [5.41, 5.74) is 0.930. The van der Waals surface area contributed by atoms with Gasteiger partial charge in [0, 0.05) is 0 Å². The molecule has 0 spiro atoms. The second-order valence-electron chi connectivity index (χ2n) is 12.5. The zero-order chi connectivity index (χ0) is 27.1. The van der Waals surface area contributed by atoms with Crippen molar-refractivity contribution >= 4 is 18.9 Å². The predicted molar refractivity (Wildman–Crippen MR) is 142 cm³/mol. The van der Waals surface area contributed by atoms with Crippen molar-refractivity contribution in [1.82, 2.24) is 10.6 Å². The monoisotopic (exact) mass is 514 g/mol. The minimum atomic E-state index is -1.13. The highest BCUT2D eigenvalue weighted by molar-refractivity contribution is 6.48. The molecule has 1 aliphatic heterocycles. The number of hydrogen-bond donors (Lipinski definition) is 3. The number of carbonyl (C=O) groups is 2. The fourth-order valence-corrected chi connectivity index (χ4v) is 6.49. The van der Waals surface area contributed by atoms with Crippen molar-refractivity contribution in [2.45, 2.75) is 97.5 Å². The van der Waals surface area contributed by atoms with Gasteiger partial charge < -0.3 is 29.8 Å². The summed E-state index contributed by atoms with van der Waals surface area (Å²) in [4.78, 5) is 25.9. The first-order valence-corrected chi connectivity index (χ1v) is 13.6. The van der Waals surface area contributed by atoms with Gasteiger partial charge in [0.05, 0.1) is 23.8 Å². The number of aliphatic hydroxyl groups is 1. The summed E-state index contributed by atoms with van der Waals surface area (Å²) in [6.07, 6.45) is 1.67. The first-order chi connectivity index (χ1) is 17.3. The lowest BCUT2D eigenvalue weighted by Gasteiger charge is -2.64. The van der Waals surface area contributed by atoms with E-state index in [0.29, 0.717) is 24.0 Å². The van der Waals surface area contributed by atoms with Gasteiger partial charge in [-0.25, -0.2) is 0 Å². The molecule has 7 atom stereocenters. The van der Waals surface area contributed by atoms with Gasteiger partial charge in [0.2, 0.25) is 5.91 Å². The standard InChI is InChI=1S/C28H43BN2O6/c1-16(2)12-23(29-36-22-14-19-13-21(27(19,5)6)28(22,7)37-29)30-26(34)25(18(4)32)31-24(33)15-35-20-10-8-17(3)9-11-20/h8-11,16,18-19,21-23,25,32H,12-15H2,1-7H3,(H,30,34)(H,31,33)/t18-,19+,21+,22-,23+,25+,28+/m1/s1. The summed E-state index contributed by atoms with van der Waals surface area (Å²) in [7, 11) is -0.577. The van der Waals surface area contributed by atoms with Crippen molar-refractivity contribution in [2.75, 3.05) is 6.61 Å². The number of hydrogen-bond acceptors (Lipinski definition) is 6. The molecule has 1 aromatic rings. The number of carbonyl (C=O) groups excluding carboxylic acids is 2. The van der Waals surface area contributed by atoms with Gasteiger partial charge in [-0.05, 0) is 75.3 Å². The Labute approximate surface area is 221 Å². The quantitative estimate of drug-likeness (QED) is 0.415. The number of benzene rings is 1. The Hall–Kier alpha value is -2.10.